The number of carbonyl (C=O) groups is 1. The van der Waals surface area contributed by atoms with Crippen LogP contribution in [-0.4, -0.2) is 15.4 Å². The van der Waals surface area contributed by atoms with Crippen molar-refractivity contribution in [2.24, 2.45) is 7.05 Å². The van der Waals surface area contributed by atoms with Gasteiger partial charge in [0.2, 0.25) is 0 Å². The summed E-state index contributed by atoms with van der Waals surface area (Å²) in [5, 5.41) is 13.4. The fraction of sp³-hybridized carbons (Fsp3) is 0.214. The van der Waals surface area contributed by atoms with Gasteiger partial charge in [-0.1, -0.05) is 24.3 Å². The van der Waals surface area contributed by atoms with E-state index in [-0.39, 0.29) is 17.3 Å². The largest absolute Gasteiger partial charge is 0.347 e. The molecule has 6 nitrogen and oxygen atoms in total. The Kier molecular flexibility index (Phi) is 4.59. The summed E-state index contributed by atoms with van der Waals surface area (Å²) in [5.74, 6) is 0.0895. The molecule has 2 aromatic rings. The molecule has 0 atom stereocenters. The number of halogens is 1. The monoisotopic (exact) mass is 307 g/mol. The van der Waals surface area contributed by atoms with E-state index in [4.69, 9.17) is 11.6 Å². The van der Waals surface area contributed by atoms with E-state index < -0.39 is 4.92 Å². The Morgan fingerprint density at radius 1 is 1.33 bits per heavy atom. The minimum absolute atomic E-state index is 0.103. The molecule has 0 saturated carbocycles. The number of amides is 1. The maximum atomic E-state index is 12.0. The Morgan fingerprint density at radius 2 is 1.95 bits per heavy atom. The molecule has 7 heteroatoms. The van der Waals surface area contributed by atoms with Gasteiger partial charge in [-0.15, -0.1) is 11.6 Å². The minimum atomic E-state index is -0.526. The summed E-state index contributed by atoms with van der Waals surface area (Å²) in [6.07, 6.45) is 1.31. The first-order chi connectivity index (χ1) is 10.0. The second-order valence-corrected chi connectivity index (χ2v) is 4.85. The fourth-order valence-corrected chi connectivity index (χ4v) is 2.07. The van der Waals surface area contributed by atoms with Crippen molar-refractivity contribution in [2.75, 3.05) is 0 Å². The zero-order valence-corrected chi connectivity index (χ0v) is 12.1. The van der Waals surface area contributed by atoms with Crippen LogP contribution in [0.4, 0.5) is 5.69 Å². The van der Waals surface area contributed by atoms with Crippen molar-refractivity contribution in [3.8, 4) is 0 Å². The number of nitrogens with one attached hydrogen (secondary N) is 1. The summed E-state index contributed by atoms with van der Waals surface area (Å²) in [4.78, 5) is 22.2. The standard InChI is InChI=1S/C14H14ClN3O3/c1-17-9-12(18(20)21)6-13(17)14(19)16-8-11-4-2-10(7-15)3-5-11/h2-6,9H,7-8H2,1H3,(H,16,19). The molecule has 1 aromatic carbocycles. The molecule has 0 unspecified atom stereocenters. The van der Waals surface area contributed by atoms with Crippen molar-refractivity contribution in [2.45, 2.75) is 12.4 Å². The molecular formula is C14H14ClN3O3. The molecule has 1 amide bonds. The van der Waals surface area contributed by atoms with Gasteiger partial charge in [-0.3, -0.25) is 14.9 Å². The van der Waals surface area contributed by atoms with Gasteiger partial charge in [0.15, 0.2) is 0 Å². The van der Waals surface area contributed by atoms with Crippen LogP contribution in [-0.2, 0) is 19.5 Å². The van der Waals surface area contributed by atoms with Crippen molar-refractivity contribution >= 4 is 23.2 Å². The second-order valence-electron chi connectivity index (χ2n) is 4.58. The van der Waals surface area contributed by atoms with Crippen LogP contribution in [0.2, 0.25) is 0 Å². The molecule has 0 radical (unpaired) electrons. The van der Waals surface area contributed by atoms with E-state index in [2.05, 4.69) is 5.32 Å². The molecule has 2 rings (SSSR count). The third-order valence-corrected chi connectivity index (χ3v) is 3.37. The van der Waals surface area contributed by atoms with E-state index in [9.17, 15) is 14.9 Å². The number of carbonyl (C=O) groups excluding carboxylic acids is 1. The molecule has 21 heavy (non-hydrogen) atoms. The number of nitrogens with zero attached hydrogens (tertiary/aromatic N) is 2. The van der Waals surface area contributed by atoms with Crippen LogP contribution in [0.5, 0.6) is 0 Å². The number of hydrogen-bond acceptors (Lipinski definition) is 3. The first-order valence-electron chi connectivity index (χ1n) is 6.24. The molecule has 1 aromatic heterocycles. The number of hydrogen-bond donors (Lipinski definition) is 1. The maximum absolute atomic E-state index is 12.0. The van der Waals surface area contributed by atoms with Crippen LogP contribution < -0.4 is 5.32 Å². The highest BCUT2D eigenvalue weighted by Crippen LogP contribution is 2.15. The average Bonchev–Trinajstić information content (AvgIpc) is 2.87. The molecule has 1 heterocycles. The van der Waals surface area contributed by atoms with E-state index in [0.29, 0.717) is 12.4 Å². The fourth-order valence-electron chi connectivity index (χ4n) is 1.89. The van der Waals surface area contributed by atoms with Crippen LogP contribution in [0, 0.1) is 10.1 Å². The predicted molar refractivity (Wildman–Crippen MR) is 79.2 cm³/mol. The number of aromatic nitrogens is 1. The molecule has 0 fully saturated rings. The van der Waals surface area contributed by atoms with Crippen LogP contribution in [0.25, 0.3) is 0 Å². The topological polar surface area (TPSA) is 77.2 Å². The normalized spacial score (nSPS) is 10.4. The van der Waals surface area contributed by atoms with Crippen molar-refractivity contribution < 1.29 is 9.72 Å². The number of rotatable bonds is 5. The van der Waals surface area contributed by atoms with Crippen LogP contribution in [0.3, 0.4) is 0 Å². The first-order valence-corrected chi connectivity index (χ1v) is 6.77. The molecule has 1 N–H and O–H groups in total. The quantitative estimate of drug-likeness (QED) is 0.524. The van der Waals surface area contributed by atoms with Crippen molar-refractivity contribution in [3.63, 3.8) is 0 Å². The molecule has 0 aliphatic carbocycles. The smallest absolute Gasteiger partial charge is 0.287 e. The second kappa shape index (κ2) is 6.41. The number of aryl methyl sites for hydroxylation is 1. The Morgan fingerprint density at radius 3 is 2.48 bits per heavy atom. The lowest BCUT2D eigenvalue weighted by Gasteiger charge is -2.06. The van der Waals surface area contributed by atoms with Gasteiger partial charge in [-0.25, -0.2) is 0 Å². The van der Waals surface area contributed by atoms with E-state index in [0.717, 1.165) is 11.1 Å². The summed E-state index contributed by atoms with van der Waals surface area (Å²) >= 11 is 5.70. The minimum Gasteiger partial charge on any atom is -0.347 e. The van der Waals surface area contributed by atoms with Crippen molar-refractivity contribution in [3.05, 3.63) is 63.5 Å². The summed E-state index contributed by atoms with van der Waals surface area (Å²) in [6, 6.07) is 8.80. The van der Waals surface area contributed by atoms with E-state index in [1.54, 1.807) is 7.05 Å². The van der Waals surface area contributed by atoms with Gasteiger partial charge in [0.05, 0.1) is 11.1 Å². The third-order valence-electron chi connectivity index (χ3n) is 3.06. The highest BCUT2D eigenvalue weighted by molar-refractivity contribution is 6.17. The Hall–Kier alpha value is -2.34. The number of nitro groups is 1. The Labute approximate surface area is 126 Å². The highest BCUT2D eigenvalue weighted by atomic mass is 35.5. The molecule has 0 aliphatic heterocycles. The molecular weight excluding hydrogens is 294 g/mol. The van der Waals surface area contributed by atoms with Gasteiger partial charge in [0.25, 0.3) is 11.6 Å². The van der Waals surface area contributed by atoms with Gasteiger partial charge >= 0.3 is 0 Å². The maximum Gasteiger partial charge on any atom is 0.287 e. The first kappa shape index (κ1) is 15.1. The predicted octanol–water partition coefficient (Wildman–Crippen LogP) is 2.60. The molecule has 110 valence electrons. The van der Waals surface area contributed by atoms with Gasteiger partial charge in [0, 0.05) is 25.5 Å². The summed E-state index contributed by atoms with van der Waals surface area (Å²) in [7, 11) is 1.59. The Balaban J connectivity index is 2.02. The highest BCUT2D eigenvalue weighted by Gasteiger charge is 2.17. The van der Waals surface area contributed by atoms with Crippen LogP contribution in [0.15, 0.2) is 36.5 Å². The number of alkyl halides is 1. The number of benzene rings is 1. The van der Waals surface area contributed by atoms with Crippen molar-refractivity contribution in [1.29, 1.82) is 0 Å². The molecule has 0 saturated heterocycles. The van der Waals surface area contributed by atoms with Gasteiger partial charge in [0.1, 0.15) is 5.69 Å². The van der Waals surface area contributed by atoms with Gasteiger partial charge in [-0.2, -0.15) is 0 Å². The molecule has 0 spiro atoms. The van der Waals surface area contributed by atoms with Crippen LogP contribution in [0.1, 0.15) is 21.6 Å². The van der Waals surface area contributed by atoms with Crippen LogP contribution >= 0.6 is 11.6 Å². The lowest BCUT2D eigenvalue weighted by molar-refractivity contribution is -0.384. The van der Waals surface area contributed by atoms with E-state index in [1.165, 1.54) is 16.8 Å². The average molecular weight is 308 g/mol. The van der Waals surface area contributed by atoms with Gasteiger partial charge in [-0.05, 0) is 11.1 Å². The lowest BCUT2D eigenvalue weighted by Crippen LogP contribution is -2.24. The summed E-state index contributed by atoms with van der Waals surface area (Å²) in [5.41, 5.74) is 2.08. The summed E-state index contributed by atoms with van der Waals surface area (Å²) in [6.45, 7) is 0.348. The zero-order chi connectivity index (χ0) is 15.4. The van der Waals surface area contributed by atoms with Crippen molar-refractivity contribution in [1.82, 2.24) is 9.88 Å². The third kappa shape index (κ3) is 3.61. The van der Waals surface area contributed by atoms with E-state index >= 15 is 0 Å². The Bertz CT molecular complexity index is 665. The zero-order valence-electron chi connectivity index (χ0n) is 11.4. The summed E-state index contributed by atoms with van der Waals surface area (Å²) < 4.78 is 1.43. The SMILES string of the molecule is Cn1cc([N+](=O)[O-])cc1C(=O)NCc1ccc(CCl)cc1. The molecule has 0 bridgehead atoms. The lowest BCUT2D eigenvalue weighted by atomic mass is 10.1. The molecule has 0 aliphatic rings. The van der Waals surface area contributed by atoms with E-state index in [1.807, 2.05) is 24.3 Å². The van der Waals surface area contributed by atoms with Gasteiger partial charge < -0.3 is 9.88 Å².